The standard InChI is InChI=1S/C16H30N2O3/c1-16(2,3)21-15(20)17-12-8-11-14(19)18-13-9-6-4-5-7-10-13/h13H,4-12H2,1-3H3,(H,17,20)(H,18,19). The second-order valence-corrected chi connectivity index (χ2v) is 6.79. The molecule has 5 nitrogen and oxygen atoms in total. The Labute approximate surface area is 128 Å². The van der Waals surface area contributed by atoms with E-state index in [1.165, 1.54) is 25.7 Å². The zero-order valence-corrected chi connectivity index (χ0v) is 13.7. The maximum Gasteiger partial charge on any atom is 0.407 e. The number of carbonyl (C=O) groups is 2. The molecule has 5 heteroatoms. The van der Waals surface area contributed by atoms with Crippen molar-refractivity contribution in [2.75, 3.05) is 6.54 Å². The summed E-state index contributed by atoms with van der Waals surface area (Å²) in [6.45, 7) is 5.94. The topological polar surface area (TPSA) is 67.4 Å². The van der Waals surface area contributed by atoms with Gasteiger partial charge in [0.1, 0.15) is 5.60 Å². The Morgan fingerprint density at radius 2 is 1.71 bits per heavy atom. The first-order valence-electron chi connectivity index (χ1n) is 8.13. The number of nitrogens with one attached hydrogen (secondary N) is 2. The zero-order valence-electron chi connectivity index (χ0n) is 13.7. The van der Waals surface area contributed by atoms with E-state index in [2.05, 4.69) is 10.6 Å². The summed E-state index contributed by atoms with van der Waals surface area (Å²) in [5.41, 5.74) is -0.485. The largest absolute Gasteiger partial charge is 0.444 e. The van der Waals surface area contributed by atoms with Crippen molar-refractivity contribution in [2.45, 2.75) is 83.8 Å². The van der Waals surface area contributed by atoms with Gasteiger partial charge in [0.25, 0.3) is 0 Å². The first-order chi connectivity index (χ1) is 9.87. The minimum atomic E-state index is -0.485. The average molecular weight is 298 g/mol. The highest BCUT2D eigenvalue weighted by Gasteiger charge is 2.16. The Morgan fingerprint density at radius 3 is 2.29 bits per heavy atom. The molecule has 0 radical (unpaired) electrons. The fourth-order valence-corrected chi connectivity index (χ4v) is 2.48. The molecule has 1 saturated carbocycles. The van der Waals surface area contributed by atoms with Gasteiger partial charge < -0.3 is 15.4 Å². The van der Waals surface area contributed by atoms with Crippen molar-refractivity contribution >= 4 is 12.0 Å². The van der Waals surface area contributed by atoms with E-state index < -0.39 is 11.7 Å². The third-order valence-electron chi connectivity index (χ3n) is 3.47. The average Bonchev–Trinajstić information content (AvgIpc) is 2.61. The molecule has 0 spiro atoms. The second kappa shape index (κ2) is 8.90. The van der Waals surface area contributed by atoms with E-state index >= 15 is 0 Å². The molecule has 1 fully saturated rings. The molecular weight excluding hydrogens is 268 g/mol. The first kappa shape index (κ1) is 17.8. The van der Waals surface area contributed by atoms with Gasteiger partial charge in [0, 0.05) is 19.0 Å². The van der Waals surface area contributed by atoms with Crippen LogP contribution < -0.4 is 10.6 Å². The number of hydrogen-bond donors (Lipinski definition) is 2. The Bertz CT molecular complexity index is 329. The SMILES string of the molecule is CC(C)(C)OC(=O)NCCCC(=O)NC1CCCCCC1. The summed E-state index contributed by atoms with van der Waals surface area (Å²) >= 11 is 0. The van der Waals surface area contributed by atoms with Gasteiger partial charge in [0.15, 0.2) is 0 Å². The molecule has 122 valence electrons. The number of hydrogen-bond acceptors (Lipinski definition) is 3. The fraction of sp³-hybridized carbons (Fsp3) is 0.875. The van der Waals surface area contributed by atoms with Gasteiger partial charge in [0.05, 0.1) is 0 Å². The molecule has 2 amide bonds. The van der Waals surface area contributed by atoms with Crippen LogP contribution in [0.3, 0.4) is 0 Å². The maximum absolute atomic E-state index is 11.8. The summed E-state index contributed by atoms with van der Waals surface area (Å²) in [4.78, 5) is 23.3. The highest BCUT2D eigenvalue weighted by molar-refractivity contribution is 5.76. The third kappa shape index (κ3) is 9.32. The molecule has 1 rings (SSSR count). The summed E-state index contributed by atoms with van der Waals surface area (Å²) < 4.78 is 5.13. The highest BCUT2D eigenvalue weighted by atomic mass is 16.6. The number of rotatable bonds is 5. The lowest BCUT2D eigenvalue weighted by molar-refractivity contribution is -0.122. The maximum atomic E-state index is 11.8. The van der Waals surface area contributed by atoms with Gasteiger partial charge in [-0.05, 0) is 40.0 Å². The van der Waals surface area contributed by atoms with E-state index in [0.717, 1.165) is 12.8 Å². The summed E-state index contributed by atoms with van der Waals surface area (Å²) in [5.74, 6) is 0.0906. The van der Waals surface area contributed by atoms with Gasteiger partial charge in [-0.1, -0.05) is 25.7 Å². The lowest BCUT2D eigenvalue weighted by atomic mass is 10.1. The van der Waals surface area contributed by atoms with Crippen LogP contribution in [0.25, 0.3) is 0 Å². The predicted octanol–water partition coefficient (Wildman–Crippen LogP) is 3.13. The lowest BCUT2D eigenvalue weighted by Gasteiger charge is -2.19. The minimum Gasteiger partial charge on any atom is -0.444 e. The second-order valence-electron chi connectivity index (χ2n) is 6.79. The number of carbonyl (C=O) groups excluding carboxylic acids is 2. The molecular formula is C16H30N2O3. The van der Waals surface area contributed by atoms with Crippen LogP contribution in [0.15, 0.2) is 0 Å². The van der Waals surface area contributed by atoms with Crippen molar-refractivity contribution in [1.29, 1.82) is 0 Å². The van der Waals surface area contributed by atoms with Gasteiger partial charge in [-0.15, -0.1) is 0 Å². The van der Waals surface area contributed by atoms with Gasteiger partial charge in [-0.2, -0.15) is 0 Å². The van der Waals surface area contributed by atoms with Gasteiger partial charge in [-0.25, -0.2) is 4.79 Å². The first-order valence-corrected chi connectivity index (χ1v) is 8.13. The lowest BCUT2D eigenvalue weighted by Crippen LogP contribution is -2.35. The van der Waals surface area contributed by atoms with Crippen LogP contribution in [0, 0.1) is 0 Å². The molecule has 0 bridgehead atoms. The zero-order chi connectivity index (χ0) is 15.7. The molecule has 21 heavy (non-hydrogen) atoms. The van der Waals surface area contributed by atoms with Crippen LogP contribution in [-0.4, -0.2) is 30.2 Å². The Hall–Kier alpha value is -1.26. The summed E-state index contributed by atoms with van der Waals surface area (Å²) in [6, 6.07) is 0.346. The number of alkyl carbamates (subject to hydrolysis) is 1. The molecule has 0 aromatic rings. The van der Waals surface area contributed by atoms with Crippen molar-refractivity contribution < 1.29 is 14.3 Å². The van der Waals surface area contributed by atoms with Crippen LogP contribution in [0.4, 0.5) is 4.79 Å². The van der Waals surface area contributed by atoms with Gasteiger partial charge in [0.2, 0.25) is 5.91 Å². The molecule has 0 atom stereocenters. The van der Waals surface area contributed by atoms with Crippen molar-refractivity contribution in [3.05, 3.63) is 0 Å². The Balaban J connectivity index is 2.09. The normalized spacial score (nSPS) is 16.9. The predicted molar refractivity (Wildman–Crippen MR) is 83.1 cm³/mol. The molecule has 0 heterocycles. The molecule has 0 aromatic carbocycles. The smallest absolute Gasteiger partial charge is 0.407 e. The molecule has 0 saturated heterocycles. The van der Waals surface area contributed by atoms with E-state index in [1.807, 2.05) is 20.8 Å². The van der Waals surface area contributed by atoms with E-state index in [9.17, 15) is 9.59 Å². The molecule has 1 aliphatic rings. The fourth-order valence-electron chi connectivity index (χ4n) is 2.48. The van der Waals surface area contributed by atoms with Crippen molar-refractivity contribution in [3.8, 4) is 0 Å². The van der Waals surface area contributed by atoms with Crippen LogP contribution in [0.2, 0.25) is 0 Å². The molecule has 2 N–H and O–H groups in total. The molecule has 0 unspecified atom stereocenters. The highest BCUT2D eigenvalue weighted by Crippen LogP contribution is 2.17. The van der Waals surface area contributed by atoms with Crippen LogP contribution in [-0.2, 0) is 9.53 Å². The molecule has 1 aliphatic carbocycles. The van der Waals surface area contributed by atoms with Gasteiger partial charge >= 0.3 is 6.09 Å². The quantitative estimate of drug-likeness (QED) is 0.605. The monoisotopic (exact) mass is 298 g/mol. The number of amides is 2. The Kier molecular flexibility index (Phi) is 7.54. The van der Waals surface area contributed by atoms with E-state index in [1.54, 1.807) is 0 Å². The summed E-state index contributed by atoms with van der Waals surface area (Å²) in [7, 11) is 0. The van der Waals surface area contributed by atoms with Crippen molar-refractivity contribution in [1.82, 2.24) is 10.6 Å². The van der Waals surface area contributed by atoms with Crippen LogP contribution in [0.1, 0.15) is 72.1 Å². The van der Waals surface area contributed by atoms with Gasteiger partial charge in [-0.3, -0.25) is 4.79 Å². The molecule has 0 aliphatic heterocycles. The Morgan fingerprint density at radius 1 is 1.10 bits per heavy atom. The van der Waals surface area contributed by atoms with E-state index in [0.29, 0.717) is 25.4 Å². The van der Waals surface area contributed by atoms with E-state index in [-0.39, 0.29) is 5.91 Å². The van der Waals surface area contributed by atoms with Crippen molar-refractivity contribution in [3.63, 3.8) is 0 Å². The van der Waals surface area contributed by atoms with E-state index in [4.69, 9.17) is 4.74 Å². The summed E-state index contributed by atoms with van der Waals surface area (Å²) in [6.07, 6.45) is 7.86. The third-order valence-corrected chi connectivity index (χ3v) is 3.47. The summed E-state index contributed by atoms with van der Waals surface area (Å²) in [5, 5.41) is 5.77. The minimum absolute atomic E-state index is 0.0906. The van der Waals surface area contributed by atoms with Crippen LogP contribution in [0.5, 0.6) is 0 Å². The number of ether oxygens (including phenoxy) is 1. The molecule has 0 aromatic heterocycles. The van der Waals surface area contributed by atoms with Crippen LogP contribution >= 0.6 is 0 Å². The van der Waals surface area contributed by atoms with Crippen molar-refractivity contribution in [2.24, 2.45) is 0 Å².